The molecule has 0 atom stereocenters. The molecule has 0 aliphatic rings. The number of nitrogens with zero attached hydrogens (tertiary/aromatic N) is 3. The maximum absolute atomic E-state index is 13.8. The van der Waals surface area contributed by atoms with Crippen molar-refractivity contribution in [2.24, 2.45) is 0 Å². The molecule has 0 amide bonds. The molecular formula is C13H14FN3. The van der Waals surface area contributed by atoms with Crippen LogP contribution >= 0.6 is 0 Å². The van der Waals surface area contributed by atoms with Crippen LogP contribution in [-0.2, 0) is 6.54 Å². The molecule has 0 saturated heterocycles. The smallest absolute Gasteiger partial charge is 0.145 e. The van der Waals surface area contributed by atoms with Crippen molar-refractivity contribution in [1.82, 2.24) is 4.90 Å². The predicted molar refractivity (Wildman–Crippen MR) is 62.3 cm³/mol. The lowest BCUT2D eigenvalue weighted by atomic mass is 10.1. The Hall–Kier alpha value is -1.91. The van der Waals surface area contributed by atoms with E-state index < -0.39 is 5.82 Å². The van der Waals surface area contributed by atoms with Gasteiger partial charge in [-0.3, -0.25) is 4.90 Å². The lowest BCUT2D eigenvalue weighted by Gasteiger charge is -2.18. The Morgan fingerprint density at radius 2 is 2.12 bits per heavy atom. The van der Waals surface area contributed by atoms with E-state index in [1.807, 2.05) is 17.9 Å². The SMILES string of the molecule is CCCN(CC#N)Cc1cccc(C#N)c1F. The van der Waals surface area contributed by atoms with E-state index in [1.165, 1.54) is 6.07 Å². The van der Waals surface area contributed by atoms with Gasteiger partial charge in [-0.2, -0.15) is 10.5 Å². The molecule has 17 heavy (non-hydrogen) atoms. The summed E-state index contributed by atoms with van der Waals surface area (Å²) >= 11 is 0. The first kappa shape index (κ1) is 13.2. The van der Waals surface area contributed by atoms with E-state index in [0.29, 0.717) is 12.1 Å². The van der Waals surface area contributed by atoms with Crippen LogP contribution in [0, 0.1) is 28.5 Å². The quantitative estimate of drug-likeness (QED) is 0.731. The number of hydrogen-bond acceptors (Lipinski definition) is 3. The van der Waals surface area contributed by atoms with Crippen molar-refractivity contribution in [2.45, 2.75) is 19.9 Å². The molecule has 1 aromatic carbocycles. The molecule has 0 spiro atoms. The third-order valence-electron chi connectivity index (χ3n) is 2.43. The summed E-state index contributed by atoms with van der Waals surface area (Å²) in [5.74, 6) is -0.478. The monoisotopic (exact) mass is 231 g/mol. The van der Waals surface area contributed by atoms with Gasteiger partial charge in [0.25, 0.3) is 0 Å². The highest BCUT2D eigenvalue weighted by molar-refractivity contribution is 5.34. The van der Waals surface area contributed by atoms with Gasteiger partial charge in [0.15, 0.2) is 0 Å². The van der Waals surface area contributed by atoms with Crippen LogP contribution in [-0.4, -0.2) is 18.0 Å². The topological polar surface area (TPSA) is 50.8 Å². The average molecular weight is 231 g/mol. The first-order chi connectivity index (χ1) is 8.22. The van der Waals surface area contributed by atoms with Crippen LogP contribution in [0.1, 0.15) is 24.5 Å². The molecule has 1 rings (SSSR count). The Morgan fingerprint density at radius 3 is 2.71 bits per heavy atom. The summed E-state index contributed by atoms with van der Waals surface area (Å²) in [7, 11) is 0. The summed E-state index contributed by atoms with van der Waals surface area (Å²) in [5.41, 5.74) is 0.517. The van der Waals surface area contributed by atoms with Gasteiger partial charge >= 0.3 is 0 Å². The standard InChI is InChI=1S/C13H14FN3/c1-2-7-17(8-6-15)10-12-5-3-4-11(9-16)13(12)14/h3-5H,2,7-8,10H2,1H3. The summed E-state index contributed by atoms with van der Waals surface area (Å²) in [6.07, 6.45) is 0.904. The minimum absolute atomic E-state index is 0.0518. The molecular weight excluding hydrogens is 217 g/mol. The highest BCUT2D eigenvalue weighted by atomic mass is 19.1. The molecule has 4 heteroatoms. The van der Waals surface area contributed by atoms with Crippen LogP contribution < -0.4 is 0 Å². The fraction of sp³-hybridized carbons (Fsp3) is 0.385. The molecule has 3 nitrogen and oxygen atoms in total. The second-order valence-corrected chi connectivity index (χ2v) is 3.76. The van der Waals surface area contributed by atoms with Gasteiger partial charge in [0, 0.05) is 12.1 Å². The molecule has 0 heterocycles. The van der Waals surface area contributed by atoms with E-state index in [9.17, 15) is 4.39 Å². The zero-order valence-corrected chi connectivity index (χ0v) is 9.78. The Morgan fingerprint density at radius 1 is 1.35 bits per heavy atom. The van der Waals surface area contributed by atoms with Crippen molar-refractivity contribution >= 4 is 0 Å². The molecule has 0 aromatic heterocycles. The third-order valence-corrected chi connectivity index (χ3v) is 2.43. The van der Waals surface area contributed by atoms with Crippen LogP contribution in [0.2, 0.25) is 0 Å². The molecule has 0 fully saturated rings. The summed E-state index contributed by atoms with van der Waals surface area (Å²) in [4.78, 5) is 1.86. The summed E-state index contributed by atoms with van der Waals surface area (Å²) in [6.45, 7) is 3.38. The van der Waals surface area contributed by atoms with Crippen molar-refractivity contribution in [3.8, 4) is 12.1 Å². The molecule has 0 aliphatic carbocycles. The maximum Gasteiger partial charge on any atom is 0.145 e. The van der Waals surface area contributed by atoms with Crippen LogP contribution in [0.3, 0.4) is 0 Å². The number of halogens is 1. The van der Waals surface area contributed by atoms with E-state index >= 15 is 0 Å². The zero-order chi connectivity index (χ0) is 12.7. The van der Waals surface area contributed by atoms with E-state index in [4.69, 9.17) is 10.5 Å². The first-order valence-corrected chi connectivity index (χ1v) is 5.49. The highest BCUT2D eigenvalue weighted by Crippen LogP contribution is 2.14. The van der Waals surface area contributed by atoms with Gasteiger partial charge in [-0.05, 0) is 19.0 Å². The normalized spacial score (nSPS) is 9.94. The third kappa shape index (κ3) is 3.55. The Kier molecular flexibility index (Phi) is 5.13. The average Bonchev–Trinajstić information content (AvgIpc) is 2.32. The first-order valence-electron chi connectivity index (χ1n) is 5.49. The van der Waals surface area contributed by atoms with E-state index in [1.54, 1.807) is 12.1 Å². The zero-order valence-electron chi connectivity index (χ0n) is 9.78. The predicted octanol–water partition coefficient (Wildman–Crippen LogP) is 2.43. The van der Waals surface area contributed by atoms with E-state index in [0.717, 1.165) is 13.0 Å². The fourth-order valence-electron chi connectivity index (χ4n) is 1.66. The summed E-state index contributed by atoms with van der Waals surface area (Å²) in [6, 6.07) is 8.63. The molecule has 0 unspecified atom stereocenters. The van der Waals surface area contributed by atoms with Gasteiger partial charge in [-0.15, -0.1) is 0 Å². The fourth-order valence-corrected chi connectivity index (χ4v) is 1.66. The van der Waals surface area contributed by atoms with Gasteiger partial charge in [0.05, 0.1) is 18.2 Å². The molecule has 88 valence electrons. The van der Waals surface area contributed by atoms with Gasteiger partial charge in [0.1, 0.15) is 11.9 Å². The molecule has 0 bridgehead atoms. The van der Waals surface area contributed by atoms with Gasteiger partial charge in [0.2, 0.25) is 0 Å². The lowest BCUT2D eigenvalue weighted by molar-refractivity contribution is 0.293. The number of benzene rings is 1. The Balaban J connectivity index is 2.87. The minimum atomic E-state index is -0.478. The van der Waals surface area contributed by atoms with Crippen molar-refractivity contribution in [3.05, 3.63) is 35.1 Å². The van der Waals surface area contributed by atoms with Crippen molar-refractivity contribution < 1.29 is 4.39 Å². The molecule has 0 radical (unpaired) electrons. The van der Waals surface area contributed by atoms with E-state index in [2.05, 4.69) is 6.07 Å². The number of hydrogen-bond donors (Lipinski definition) is 0. The van der Waals surface area contributed by atoms with Crippen molar-refractivity contribution in [2.75, 3.05) is 13.1 Å². The van der Waals surface area contributed by atoms with Crippen LogP contribution in [0.25, 0.3) is 0 Å². The van der Waals surface area contributed by atoms with Crippen molar-refractivity contribution in [3.63, 3.8) is 0 Å². The van der Waals surface area contributed by atoms with Crippen LogP contribution in [0.15, 0.2) is 18.2 Å². The van der Waals surface area contributed by atoms with Gasteiger partial charge in [-0.25, -0.2) is 4.39 Å². The summed E-state index contributed by atoms with van der Waals surface area (Å²) in [5, 5.41) is 17.4. The molecule has 1 aromatic rings. The largest absolute Gasteiger partial charge is 0.286 e. The number of rotatable bonds is 5. The number of nitriles is 2. The Labute approximate surface area is 101 Å². The lowest BCUT2D eigenvalue weighted by Crippen LogP contribution is -2.25. The van der Waals surface area contributed by atoms with Gasteiger partial charge < -0.3 is 0 Å². The maximum atomic E-state index is 13.8. The Bertz CT molecular complexity index is 457. The van der Waals surface area contributed by atoms with E-state index in [-0.39, 0.29) is 12.1 Å². The minimum Gasteiger partial charge on any atom is -0.286 e. The molecule has 0 saturated carbocycles. The second kappa shape index (κ2) is 6.62. The molecule has 0 N–H and O–H groups in total. The van der Waals surface area contributed by atoms with Crippen molar-refractivity contribution in [1.29, 1.82) is 10.5 Å². The highest BCUT2D eigenvalue weighted by Gasteiger charge is 2.11. The van der Waals surface area contributed by atoms with Gasteiger partial charge in [-0.1, -0.05) is 19.1 Å². The van der Waals surface area contributed by atoms with Crippen LogP contribution in [0.5, 0.6) is 0 Å². The molecule has 0 aliphatic heterocycles. The van der Waals surface area contributed by atoms with Crippen LogP contribution in [0.4, 0.5) is 4.39 Å². The summed E-state index contributed by atoms with van der Waals surface area (Å²) < 4.78 is 13.8. The second-order valence-electron chi connectivity index (χ2n) is 3.76.